The highest BCUT2D eigenvalue weighted by Gasteiger charge is 2.34. The number of carboxylic acids is 4. The lowest BCUT2D eigenvalue weighted by Crippen LogP contribution is -2.60. The third-order valence-corrected chi connectivity index (χ3v) is 12.6. The number of aromatic amines is 1. The van der Waals surface area contributed by atoms with Crippen LogP contribution in [0.1, 0.15) is 37.4 Å². The minimum atomic E-state index is -1.85. The lowest BCUT2D eigenvalue weighted by Gasteiger charge is -2.35. The van der Waals surface area contributed by atoms with E-state index in [1.165, 1.54) is 17.4 Å². The molecule has 0 spiro atoms. The molecule has 0 saturated carbocycles. The molecule has 81 heavy (non-hydrogen) atoms. The highest BCUT2D eigenvalue weighted by atomic mass is 16.4. The number of nitrogens with zero attached hydrogens (tertiary/aromatic N) is 5. The number of carbonyl (C=O) groups excluding carboxylic acids is 9. The third kappa shape index (κ3) is 24.7. The van der Waals surface area contributed by atoms with Crippen molar-refractivity contribution in [1.29, 1.82) is 0 Å². The maximum Gasteiger partial charge on any atom is 0.328 e. The number of aldehydes is 2. The van der Waals surface area contributed by atoms with E-state index in [1.807, 2.05) is 0 Å². The number of rotatable bonds is 33. The molecular weight excluding hydrogens is 1070 g/mol. The molecule has 1 fully saturated rings. The Morgan fingerprint density at radius 1 is 0.593 bits per heavy atom. The van der Waals surface area contributed by atoms with Crippen molar-refractivity contribution in [2.75, 3.05) is 91.8 Å². The molecular formula is C49H71N13O19. The van der Waals surface area contributed by atoms with E-state index in [-0.39, 0.29) is 77.3 Å². The number of amides is 7. The summed E-state index contributed by atoms with van der Waals surface area (Å²) in [5.74, 6) is -13.0. The van der Waals surface area contributed by atoms with Crippen LogP contribution in [-0.4, -0.2) is 272 Å². The van der Waals surface area contributed by atoms with E-state index >= 15 is 0 Å². The molecule has 32 nitrogen and oxygen atoms in total. The SMILES string of the molecule is C[C@H](NC(=O)[C@H](CC(=O)O)NC(=O)CNC(=O)CCC(C(=O)O)N1CCN(CC=O)CCN(CC=O)CCN(CC(=O)O)CC1)C(=O)N[C@@H](Cc1c[nH]cn1)C(=O)N[C@@H](CO)C(=O)N[C@@H](Cc1ccccc1)C(=O)N[C@@H](CO)C(=O)O. The molecule has 1 aliphatic rings. The summed E-state index contributed by atoms with van der Waals surface area (Å²) in [4.78, 5) is 177. The van der Waals surface area contributed by atoms with Crippen molar-refractivity contribution in [3.63, 3.8) is 0 Å². The average molecular weight is 1150 g/mol. The Kier molecular flexibility index (Phi) is 29.2. The van der Waals surface area contributed by atoms with Crippen LogP contribution < -0.4 is 37.2 Å². The Labute approximate surface area is 463 Å². The van der Waals surface area contributed by atoms with Gasteiger partial charge in [0.15, 0.2) is 0 Å². The van der Waals surface area contributed by atoms with Gasteiger partial charge in [0.05, 0.1) is 57.8 Å². The van der Waals surface area contributed by atoms with E-state index in [0.29, 0.717) is 37.8 Å². The van der Waals surface area contributed by atoms with Gasteiger partial charge in [-0.1, -0.05) is 30.3 Å². The first-order chi connectivity index (χ1) is 38.6. The fourth-order valence-electron chi connectivity index (χ4n) is 8.17. The summed E-state index contributed by atoms with van der Waals surface area (Å²) in [6.07, 6.45) is 1.69. The van der Waals surface area contributed by atoms with Crippen LogP contribution >= 0.6 is 0 Å². The molecule has 2 aromatic rings. The van der Waals surface area contributed by atoms with E-state index in [9.17, 15) is 93.0 Å². The lowest BCUT2D eigenvalue weighted by atomic mass is 10.0. The molecule has 1 aromatic carbocycles. The largest absolute Gasteiger partial charge is 0.481 e. The molecule has 1 aliphatic heterocycles. The number of carbonyl (C=O) groups is 13. The van der Waals surface area contributed by atoms with Crippen molar-refractivity contribution in [3.05, 3.63) is 54.1 Å². The molecule has 1 saturated heterocycles. The number of aliphatic hydroxyl groups excluding tert-OH is 2. The van der Waals surface area contributed by atoms with Gasteiger partial charge in [-0.3, -0.25) is 67.5 Å². The maximum absolute atomic E-state index is 13.8. The average Bonchev–Trinajstić information content (AvgIpc) is 3.94. The Morgan fingerprint density at radius 3 is 1.64 bits per heavy atom. The van der Waals surface area contributed by atoms with Crippen LogP contribution in [0.5, 0.6) is 0 Å². The van der Waals surface area contributed by atoms with Crippen LogP contribution in [0.2, 0.25) is 0 Å². The van der Waals surface area contributed by atoms with Crippen molar-refractivity contribution in [1.82, 2.24) is 66.8 Å². The summed E-state index contributed by atoms with van der Waals surface area (Å²) in [5, 5.41) is 74.2. The van der Waals surface area contributed by atoms with Gasteiger partial charge in [0.2, 0.25) is 41.4 Å². The fourth-order valence-corrected chi connectivity index (χ4v) is 8.17. The molecule has 0 bridgehead atoms. The molecule has 1 unspecified atom stereocenters. The van der Waals surface area contributed by atoms with Gasteiger partial charge < -0.3 is 82.4 Å². The van der Waals surface area contributed by atoms with Gasteiger partial charge in [0, 0.05) is 77.8 Å². The second kappa shape index (κ2) is 35.3. The van der Waals surface area contributed by atoms with Crippen molar-refractivity contribution in [2.24, 2.45) is 0 Å². The highest BCUT2D eigenvalue weighted by Crippen LogP contribution is 2.12. The van der Waals surface area contributed by atoms with Crippen molar-refractivity contribution >= 4 is 77.8 Å². The molecule has 7 atom stereocenters. The van der Waals surface area contributed by atoms with Gasteiger partial charge in [-0.05, 0) is 18.9 Å². The third-order valence-electron chi connectivity index (χ3n) is 12.6. The Hall–Kier alpha value is -8.30. The molecule has 32 heteroatoms. The quantitative estimate of drug-likeness (QED) is 0.0295. The number of aromatic nitrogens is 2. The molecule has 2 heterocycles. The summed E-state index contributed by atoms with van der Waals surface area (Å²) >= 11 is 0. The molecule has 446 valence electrons. The van der Waals surface area contributed by atoms with Gasteiger partial charge in [-0.25, -0.2) is 9.78 Å². The maximum atomic E-state index is 13.8. The summed E-state index contributed by atoms with van der Waals surface area (Å²) in [5.41, 5.74) is 0.714. The van der Waals surface area contributed by atoms with E-state index in [2.05, 4.69) is 47.2 Å². The van der Waals surface area contributed by atoms with E-state index in [1.54, 1.807) is 45.0 Å². The van der Waals surface area contributed by atoms with E-state index in [4.69, 9.17) is 0 Å². The van der Waals surface area contributed by atoms with Gasteiger partial charge >= 0.3 is 23.9 Å². The number of hydrogen-bond donors (Lipinski definition) is 14. The van der Waals surface area contributed by atoms with Crippen LogP contribution in [0.4, 0.5) is 0 Å². The molecule has 7 amide bonds. The predicted molar refractivity (Wildman–Crippen MR) is 278 cm³/mol. The number of benzene rings is 1. The molecule has 0 aliphatic carbocycles. The van der Waals surface area contributed by atoms with Crippen LogP contribution in [0.3, 0.4) is 0 Å². The Morgan fingerprint density at radius 2 is 1.11 bits per heavy atom. The van der Waals surface area contributed by atoms with E-state index < -0.39 is 140 Å². The Bertz CT molecular complexity index is 2450. The topological polar surface area (TPSA) is 469 Å². The predicted octanol–water partition coefficient (Wildman–Crippen LogP) is -7.28. The zero-order chi connectivity index (χ0) is 60.0. The second-order valence-corrected chi connectivity index (χ2v) is 18.7. The molecule has 1 aromatic heterocycles. The standard InChI is InChI=1S/C49H71N13O19/c1-30(43(73)55-34(22-32-24-50-29-52-32)46(76)57-36(27-65)47(77)56-33(21-31-5-3-2-4-6-31)45(75)58-37(28-66)48(78)79)53-44(74)35(23-41(69)70)54-40(68)25-51-39(67)8-7-38(49(80)81)62-15-13-60(18-20-64)10-9-59(17-19-63)11-12-61(14-16-62)26-42(71)72/h2-6,19-20,24,29-30,33-38,65-66H,7-18,21-23,25-28H2,1H3,(H,50,52)(H,51,67)(H,53,74)(H,54,68)(H,55,73)(H,56,77)(H,57,76)(H,58,75)(H,69,70)(H,71,72)(H,78,79)(H,80,81)/t30-,33-,34-,35-,36-,37-,38?/m0/s1. The van der Waals surface area contributed by atoms with Crippen molar-refractivity contribution < 1.29 is 93.0 Å². The monoisotopic (exact) mass is 1150 g/mol. The lowest BCUT2D eigenvalue weighted by molar-refractivity contribution is -0.145. The summed E-state index contributed by atoms with van der Waals surface area (Å²) in [6.45, 7) is -0.390. The normalized spacial score (nSPS) is 16.5. The number of nitrogens with one attached hydrogen (secondary N) is 8. The minimum Gasteiger partial charge on any atom is -0.481 e. The first-order valence-corrected chi connectivity index (χ1v) is 25.6. The Balaban J connectivity index is 1.67. The first-order valence-electron chi connectivity index (χ1n) is 25.6. The fraction of sp³-hybridized carbons (Fsp3) is 0.551. The van der Waals surface area contributed by atoms with Gasteiger partial charge in [0.25, 0.3) is 0 Å². The van der Waals surface area contributed by atoms with Crippen LogP contribution in [0.25, 0.3) is 0 Å². The summed E-state index contributed by atoms with van der Waals surface area (Å²) in [6, 6.07) is -3.18. The van der Waals surface area contributed by atoms with Crippen LogP contribution in [-0.2, 0) is 75.2 Å². The number of aliphatic carboxylic acids is 4. The molecule has 0 radical (unpaired) electrons. The second-order valence-electron chi connectivity index (χ2n) is 18.7. The summed E-state index contributed by atoms with van der Waals surface area (Å²) < 4.78 is 0. The zero-order valence-electron chi connectivity index (χ0n) is 44.4. The van der Waals surface area contributed by atoms with Gasteiger partial charge in [0.1, 0.15) is 54.9 Å². The minimum absolute atomic E-state index is 0.00483. The number of imidazole rings is 1. The number of hydrogen-bond acceptors (Lipinski definition) is 20. The van der Waals surface area contributed by atoms with E-state index in [0.717, 1.165) is 6.92 Å². The van der Waals surface area contributed by atoms with Crippen molar-refractivity contribution in [3.8, 4) is 0 Å². The highest BCUT2D eigenvalue weighted by molar-refractivity contribution is 5.98. The zero-order valence-corrected chi connectivity index (χ0v) is 44.4. The van der Waals surface area contributed by atoms with Crippen LogP contribution in [0.15, 0.2) is 42.9 Å². The first kappa shape index (κ1) is 67.0. The van der Waals surface area contributed by atoms with Crippen LogP contribution in [0, 0.1) is 0 Å². The van der Waals surface area contributed by atoms with Gasteiger partial charge in [-0.2, -0.15) is 0 Å². The number of carboxylic acid groups (broad SMARTS) is 4. The smallest absolute Gasteiger partial charge is 0.328 e. The summed E-state index contributed by atoms with van der Waals surface area (Å²) in [7, 11) is 0. The number of aliphatic hydroxyl groups is 2. The molecule has 14 N–H and O–H groups in total. The number of H-pyrrole nitrogens is 1. The van der Waals surface area contributed by atoms with Crippen molar-refractivity contribution in [2.45, 2.75) is 81.3 Å². The molecule has 3 rings (SSSR count). The van der Waals surface area contributed by atoms with Gasteiger partial charge in [-0.15, -0.1) is 0 Å².